The first-order valence-electron chi connectivity index (χ1n) is 12.3. The zero-order valence-corrected chi connectivity index (χ0v) is 23.2. The molecule has 2 aromatic rings. The van der Waals surface area contributed by atoms with Crippen LogP contribution in [-0.2, 0) is 4.74 Å². The average Bonchev–Trinajstić information content (AvgIpc) is 2.91. The van der Waals surface area contributed by atoms with Gasteiger partial charge in [0.1, 0.15) is 11.5 Å². The van der Waals surface area contributed by atoms with Crippen molar-refractivity contribution in [2.45, 2.75) is 39.9 Å². The number of hydrogen-bond donors (Lipinski definition) is 1. The van der Waals surface area contributed by atoms with Crippen molar-refractivity contribution in [2.24, 2.45) is 0 Å². The highest BCUT2D eigenvalue weighted by molar-refractivity contribution is 5.99. The van der Waals surface area contributed by atoms with Crippen LogP contribution in [0.1, 0.15) is 68.1 Å². The first-order chi connectivity index (χ1) is 19.2. The van der Waals surface area contributed by atoms with Crippen molar-refractivity contribution in [1.29, 1.82) is 0 Å². The number of carboxylic acids is 1. The highest BCUT2D eigenvalue weighted by Crippen LogP contribution is 2.22. The molecule has 10 nitrogen and oxygen atoms in total. The Balaban J connectivity index is 0.000000410. The summed E-state index contributed by atoms with van der Waals surface area (Å²) in [6.45, 7) is -1.37. The Bertz CT molecular complexity index is 1210. The van der Waals surface area contributed by atoms with E-state index in [0.717, 1.165) is 44.2 Å². The van der Waals surface area contributed by atoms with Gasteiger partial charge >= 0.3 is 25.2 Å². The zero-order valence-electron chi connectivity index (χ0n) is 23.2. The Morgan fingerprint density at radius 2 is 1.07 bits per heavy atom. The van der Waals surface area contributed by atoms with Gasteiger partial charge in [-0.05, 0) is 49.2 Å². The summed E-state index contributed by atoms with van der Waals surface area (Å²) in [5.74, 6) is -3.51. The molecular formula is C27H32F4N2O8. The van der Waals surface area contributed by atoms with Gasteiger partial charge in [-0.1, -0.05) is 13.8 Å². The Hall–Kier alpha value is -4.36. The molecule has 2 aromatic carbocycles. The number of halogens is 4. The van der Waals surface area contributed by atoms with Gasteiger partial charge in [-0.15, -0.1) is 0 Å². The van der Waals surface area contributed by atoms with Gasteiger partial charge in [0.05, 0.1) is 18.2 Å². The number of ether oxygens (including phenoxy) is 3. The van der Waals surface area contributed by atoms with Crippen LogP contribution in [-0.4, -0.2) is 86.2 Å². The van der Waals surface area contributed by atoms with Crippen LogP contribution in [0.4, 0.5) is 17.6 Å². The van der Waals surface area contributed by atoms with E-state index in [-0.39, 0.29) is 39.7 Å². The minimum atomic E-state index is -3.09. The van der Waals surface area contributed by atoms with Crippen LogP contribution < -0.4 is 9.47 Å². The van der Waals surface area contributed by atoms with E-state index in [0.29, 0.717) is 13.1 Å². The highest BCUT2D eigenvalue weighted by Gasteiger charge is 2.19. The third-order valence-electron chi connectivity index (χ3n) is 5.24. The molecule has 0 aliphatic rings. The van der Waals surface area contributed by atoms with Crippen molar-refractivity contribution < 1.29 is 56.1 Å². The second-order valence-corrected chi connectivity index (χ2v) is 8.50. The quantitative estimate of drug-likeness (QED) is 0.271. The molecule has 2 amide bonds. The summed E-state index contributed by atoms with van der Waals surface area (Å²) >= 11 is 0. The molecule has 0 aromatic heterocycles. The van der Waals surface area contributed by atoms with Crippen molar-refractivity contribution in [2.75, 3.05) is 34.3 Å². The molecule has 0 spiro atoms. The molecule has 0 saturated carbocycles. The van der Waals surface area contributed by atoms with E-state index in [2.05, 4.69) is 14.2 Å². The standard InChI is InChI=1S/C14H17F2NO4.C13H15F2NO4/c1-4-5-17(2)12(18)9-6-10(13(19)20-3)8-11(7-9)21-14(15)16;1-3-4-16(2)11(17)8-5-9(12(18)19)7-10(6-8)20-13(14)15/h6-8,14H,4-5H2,1-3H3;5-7,13H,3-4H2,1-2H3,(H,18,19). The van der Waals surface area contributed by atoms with Crippen LogP contribution in [0.5, 0.6) is 11.5 Å². The first-order valence-corrected chi connectivity index (χ1v) is 12.3. The fourth-order valence-corrected chi connectivity index (χ4v) is 3.46. The van der Waals surface area contributed by atoms with Crippen LogP contribution in [0, 0.1) is 0 Å². The van der Waals surface area contributed by atoms with Crippen molar-refractivity contribution in [3.63, 3.8) is 0 Å². The second kappa shape index (κ2) is 16.7. The van der Waals surface area contributed by atoms with Gasteiger partial charge in [-0.25, -0.2) is 9.59 Å². The summed E-state index contributed by atoms with van der Waals surface area (Å²) in [7, 11) is 4.30. The molecule has 0 unspecified atom stereocenters. The lowest BCUT2D eigenvalue weighted by Gasteiger charge is -2.17. The minimum Gasteiger partial charge on any atom is -0.478 e. The van der Waals surface area contributed by atoms with Crippen LogP contribution in [0.3, 0.4) is 0 Å². The van der Waals surface area contributed by atoms with Gasteiger partial charge in [0.2, 0.25) is 0 Å². The van der Waals surface area contributed by atoms with Gasteiger partial charge in [0.25, 0.3) is 11.8 Å². The Labute approximate surface area is 234 Å². The Kier molecular flexibility index (Phi) is 14.1. The molecule has 0 radical (unpaired) electrons. The lowest BCUT2D eigenvalue weighted by molar-refractivity contribution is -0.0506. The van der Waals surface area contributed by atoms with E-state index in [1.807, 2.05) is 13.8 Å². The smallest absolute Gasteiger partial charge is 0.387 e. The summed E-state index contributed by atoms with van der Waals surface area (Å²) < 4.78 is 62.0. The van der Waals surface area contributed by atoms with E-state index in [1.165, 1.54) is 21.9 Å². The average molecular weight is 589 g/mol. The Morgan fingerprint density at radius 3 is 1.41 bits per heavy atom. The molecule has 2 rings (SSSR count). The number of carboxylic acid groups (broad SMARTS) is 1. The fourth-order valence-electron chi connectivity index (χ4n) is 3.46. The lowest BCUT2D eigenvalue weighted by atomic mass is 10.1. The number of benzene rings is 2. The summed E-state index contributed by atoms with van der Waals surface area (Å²) in [5, 5.41) is 8.92. The van der Waals surface area contributed by atoms with Gasteiger partial charge < -0.3 is 29.1 Å². The van der Waals surface area contributed by atoms with Crippen molar-refractivity contribution >= 4 is 23.8 Å². The van der Waals surface area contributed by atoms with Crippen molar-refractivity contribution in [1.82, 2.24) is 9.80 Å². The van der Waals surface area contributed by atoms with Crippen molar-refractivity contribution in [3.05, 3.63) is 58.7 Å². The number of alkyl halides is 4. The molecule has 1 N–H and O–H groups in total. The van der Waals surface area contributed by atoms with Gasteiger partial charge in [0, 0.05) is 38.3 Å². The van der Waals surface area contributed by atoms with Crippen LogP contribution in [0.25, 0.3) is 0 Å². The lowest BCUT2D eigenvalue weighted by Crippen LogP contribution is -2.27. The number of rotatable bonds is 12. The summed E-state index contributed by atoms with van der Waals surface area (Å²) in [4.78, 5) is 49.5. The molecule has 226 valence electrons. The van der Waals surface area contributed by atoms with E-state index in [1.54, 1.807) is 14.1 Å². The maximum absolute atomic E-state index is 12.3. The van der Waals surface area contributed by atoms with Crippen LogP contribution in [0.2, 0.25) is 0 Å². The number of aromatic carboxylic acids is 1. The van der Waals surface area contributed by atoms with Gasteiger partial charge in [-0.2, -0.15) is 17.6 Å². The number of amides is 2. The summed E-state index contributed by atoms with van der Waals surface area (Å²) in [6, 6.07) is 6.76. The number of hydrogen-bond acceptors (Lipinski definition) is 7. The third-order valence-corrected chi connectivity index (χ3v) is 5.24. The highest BCUT2D eigenvalue weighted by atomic mass is 19.3. The third kappa shape index (κ3) is 11.3. The van der Waals surface area contributed by atoms with Gasteiger partial charge in [0.15, 0.2) is 0 Å². The minimum absolute atomic E-state index is 0.00324. The molecule has 0 heterocycles. The largest absolute Gasteiger partial charge is 0.478 e. The maximum Gasteiger partial charge on any atom is 0.387 e. The molecule has 0 fully saturated rings. The van der Waals surface area contributed by atoms with Crippen molar-refractivity contribution in [3.8, 4) is 11.5 Å². The molecule has 0 bridgehead atoms. The van der Waals surface area contributed by atoms with Gasteiger partial charge in [-0.3, -0.25) is 9.59 Å². The summed E-state index contributed by atoms with van der Waals surface area (Å²) in [5.41, 5.74) is -0.221. The normalized spacial score (nSPS) is 10.4. The topological polar surface area (TPSA) is 123 Å². The first kappa shape index (κ1) is 34.7. The van der Waals surface area contributed by atoms with E-state index >= 15 is 0 Å². The predicted molar refractivity (Wildman–Crippen MR) is 139 cm³/mol. The van der Waals surface area contributed by atoms with E-state index in [9.17, 15) is 36.7 Å². The SMILES string of the molecule is CCCN(C)C(=O)c1cc(OC(F)F)cc(C(=O)O)c1.CCCN(C)C(=O)c1cc(OC(F)F)cc(C(=O)OC)c1. The predicted octanol–water partition coefficient (Wildman–Crippen LogP) is 5.02. The zero-order chi connectivity index (χ0) is 31.3. The number of carbonyl (C=O) groups is 4. The molecule has 0 atom stereocenters. The number of esters is 1. The van der Waals surface area contributed by atoms with E-state index in [4.69, 9.17) is 5.11 Å². The van der Waals surface area contributed by atoms with E-state index < -0.39 is 31.1 Å². The number of methoxy groups -OCH3 is 1. The number of carbonyl (C=O) groups excluding carboxylic acids is 3. The number of nitrogens with zero attached hydrogens (tertiary/aromatic N) is 2. The fraction of sp³-hybridized carbons (Fsp3) is 0.407. The Morgan fingerprint density at radius 1 is 0.707 bits per heavy atom. The maximum atomic E-state index is 12.3. The van der Waals surface area contributed by atoms with Crippen LogP contribution >= 0.6 is 0 Å². The molecule has 0 aliphatic heterocycles. The molecular weight excluding hydrogens is 556 g/mol. The molecule has 0 aliphatic carbocycles. The summed E-state index contributed by atoms with van der Waals surface area (Å²) in [6.07, 6.45) is 1.47. The monoisotopic (exact) mass is 588 g/mol. The molecule has 0 saturated heterocycles. The van der Waals surface area contributed by atoms with Crippen LogP contribution in [0.15, 0.2) is 36.4 Å². The molecule has 14 heteroatoms. The second-order valence-electron chi connectivity index (χ2n) is 8.50. The molecule has 41 heavy (non-hydrogen) atoms.